The molecule has 2 N–H and O–H groups in total. The van der Waals surface area contributed by atoms with Gasteiger partial charge in [-0.3, -0.25) is 9.89 Å². The number of nitrogens with one attached hydrogen (secondary N) is 2. The van der Waals surface area contributed by atoms with Crippen molar-refractivity contribution < 1.29 is 13.6 Å². The third kappa shape index (κ3) is 4.11. The predicted molar refractivity (Wildman–Crippen MR) is 76.0 cm³/mol. The van der Waals surface area contributed by atoms with E-state index in [1.807, 2.05) is 13.8 Å². The topological polar surface area (TPSA) is 57.8 Å². The van der Waals surface area contributed by atoms with Gasteiger partial charge < -0.3 is 5.32 Å². The van der Waals surface area contributed by atoms with E-state index in [-0.39, 0.29) is 12.3 Å². The average molecular weight is 293 g/mol. The highest BCUT2D eigenvalue weighted by molar-refractivity contribution is 5.89. The molecule has 1 aromatic carbocycles. The quantitative estimate of drug-likeness (QED) is 0.888. The number of aromatic amines is 1. The van der Waals surface area contributed by atoms with Crippen LogP contribution >= 0.6 is 0 Å². The van der Waals surface area contributed by atoms with Crippen LogP contribution in [0.2, 0.25) is 0 Å². The second-order valence-electron chi connectivity index (χ2n) is 5.16. The zero-order valence-corrected chi connectivity index (χ0v) is 11.9. The zero-order valence-electron chi connectivity index (χ0n) is 11.9. The lowest BCUT2D eigenvalue weighted by Gasteiger charge is -2.03. The summed E-state index contributed by atoms with van der Waals surface area (Å²) in [4.78, 5) is 11.8. The summed E-state index contributed by atoms with van der Waals surface area (Å²) in [5.41, 5.74) is 1.51. The summed E-state index contributed by atoms with van der Waals surface area (Å²) in [6, 6.07) is 5.41. The molecule has 2 rings (SSSR count). The molecule has 0 unspecified atom stereocenters. The summed E-state index contributed by atoms with van der Waals surface area (Å²) in [5, 5.41) is 9.50. The number of amides is 1. The normalized spacial score (nSPS) is 10.9. The van der Waals surface area contributed by atoms with E-state index < -0.39 is 11.6 Å². The molecule has 0 aliphatic rings. The standard InChI is InChI=1S/C15H17F2N3O/c1-9(2)13-8-14(20-19-13)18-15(21)6-4-10-3-5-11(16)12(17)7-10/h3,5,7-9H,4,6H2,1-2H3,(H2,18,19,20,21). The molecule has 0 fully saturated rings. The smallest absolute Gasteiger partial charge is 0.225 e. The summed E-state index contributed by atoms with van der Waals surface area (Å²) in [6.45, 7) is 4.03. The minimum atomic E-state index is -0.901. The number of benzene rings is 1. The second-order valence-corrected chi connectivity index (χ2v) is 5.16. The molecule has 0 saturated heterocycles. The van der Waals surface area contributed by atoms with Gasteiger partial charge in [0.1, 0.15) is 0 Å². The number of carbonyl (C=O) groups excluding carboxylic acids is 1. The molecule has 0 atom stereocenters. The molecule has 0 saturated carbocycles. The first kappa shape index (κ1) is 15.2. The van der Waals surface area contributed by atoms with E-state index in [9.17, 15) is 13.6 Å². The van der Waals surface area contributed by atoms with Gasteiger partial charge in [-0.1, -0.05) is 19.9 Å². The molecule has 2 aromatic rings. The summed E-state index contributed by atoms with van der Waals surface area (Å²) >= 11 is 0. The van der Waals surface area contributed by atoms with Gasteiger partial charge in [0, 0.05) is 18.2 Å². The molecule has 0 aliphatic carbocycles. The molecule has 1 aromatic heterocycles. The highest BCUT2D eigenvalue weighted by Crippen LogP contribution is 2.15. The summed E-state index contributed by atoms with van der Waals surface area (Å²) < 4.78 is 25.8. The number of H-pyrrole nitrogens is 1. The van der Waals surface area contributed by atoms with Crippen molar-refractivity contribution in [3.8, 4) is 0 Å². The van der Waals surface area contributed by atoms with Crippen LogP contribution in [0.15, 0.2) is 24.3 Å². The number of nitrogens with zero attached hydrogens (tertiary/aromatic N) is 1. The minimum absolute atomic E-state index is 0.176. The Morgan fingerprint density at radius 2 is 2.05 bits per heavy atom. The number of aromatic nitrogens is 2. The Hall–Kier alpha value is -2.24. The molecule has 112 valence electrons. The maximum Gasteiger partial charge on any atom is 0.225 e. The molecule has 21 heavy (non-hydrogen) atoms. The van der Waals surface area contributed by atoms with Gasteiger partial charge in [0.25, 0.3) is 0 Å². The fraction of sp³-hybridized carbons (Fsp3) is 0.333. The van der Waals surface area contributed by atoms with Gasteiger partial charge in [-0.05, 0) is 30.0 Å². The van der Waals surface area contributed by atoms with Crippen molar-refractivity contribution in [1.29, 1.82) is 0 Å². The average Bonchev–Trinajstić information content (AvgIpc) is 2.89. The van der Waals surface area contributed by atoms with Gasteiger partial charge >= 0.3 is 0 Å². The first-order valence-electron chi connectivity index (χ1n) is 6.75. The Kier molecular flexibility index (Phi) is 4.67. The van der Waals surface area contributed by atoms with Crippen LogP contribution in [0.1, 0.15) is 37.4 Å². The molecule has 0 radical (unpaired) electrons. The summed E-state index contributed by atoms with van der Waals surface area (Å²) in [5.74, 6) is -1.25. The second kappa shape index (κ2) is 6.47. The van der Waals surface area contributed by atoms with E-state index in [2.05, 4.69) is 15.5 Å². The van der Waals surface area contributed by atoms with Gasteiger partial charge in [-0.2, -0.15) is 5.10 Å². The lowest BCUT2D eigenvalue weighted by Crippen LogP contribution is -2.12. The number of hydrogen-bond donors (Lipinski definition) is 2. The molecule has 0 spiro atoms. The van der Waals surface area contributed by atoms with Crippen LogP contribution in [0.3, 0.4) is 0 Å². The van der Waals surface area contributed by atoms with Gasteiger partial charge in [-0.25, -0.2) is 8.78 Å². The van der Waals surface area contributed by atoms with Gasteiger partial charge in [0.05, 0.1) is 0 Å². The Balaban J connectivity index is 1.88. The lowest BCUT2D eigenvalue weighted by molar-refractivity contribution is -0.116. The van der Waals surface area contributed by atoms with Crippen LogP contribution in [0.25, 0.3) is 0 Å². The van der Waals surface area contributed by atoms with Crippen molar-refractivity contribution in [2.24, 2.45) is 0 Å². The highest BCUT2D eigenvalue weighted by Gasteiger charge is 2.09. The fourth-order valence-electron chi connectivity index (χ4n) is 1.85. The number of carbonyl (C=O) groups is 1. The third-order valence-corrected chi connectivity index (χ3v) is 3.11. The van der Waals surface area contributed by atoms with E-state index in [0.29, 0.717) is 23.7 Å². The predicted octanol–water partition coefficient (Wildman–Crippen LogP) is 3.38. The van der Waals surface area contributed by atoms with E-state index in [4.69, 9.17) is 0 Å². The number of aryl methyl sites for hydroxylation is 1. The van der Waals surface area contributed by atoms with Gasteiger partial charge in [0.15, 0.2) is 17.5 Å². The molecule has 0 aliphatic heterocycles. The van der Waals surface area contributed by atoms with E-state index in [0.717, 1.165) is 17.8 Å². The Morgan fingerprint density at radius 3 is 2.67 bits per heavy atom. The van der Waals surface area contributed by atoms with Crippen molar-refractivity contribution >= 4 is 11.7 Å². The fourth-order valence-corrected chi connectivity index (χ4v) is 1.85. The number of hydrogen-bond acceptors (Lipinski definition) is 2. The van der Waals surface area contributed by atoms with Crippen molar-refractivity contribution in [2.75, 3.05) is 5.32 Å². The van der Waals surface area contributed by atoms with Crippen molar-refractivity contribution in [2.45, 2.75) is 32.6 Å². The van der Waals surface area contributed by atoms with Crippen molar-refractivity contribution in [3.63, 3.8) is 0 Å². The first-order chi connectivity index (χ1) is 9.95. The molecule has 0 bridgehead atoms. The first-order valence-corrected chi connectivity index (χ1v) is 6.75. The Bertz CT molecular complexity index is 638. The largest absolute Gasteiger partial charge is 0.309 e. The molecular weight excluding hydrogens is 276 g/mol. The molecule has 1 heterocycles. The summed E-state index contributed by atoms with van der Waals surface area (Å²) in [6.07, 6.45) is 0.513. The maximum atomic E-state index is 13.0. The zero-order chi connectivity index (χ0) is 15.4. The maximum absolute atomic E-state index is 13.0. The van der Waals surface area contributed by atoms with E-state index >= 15 is 0 Å². The van der Waals surface area contributed by atoms with Crippen LogP contribution in [0.4, 0.5) is 14.6 Å². The molecular formula is C15H17F2N3O. The van der Waals surface area contributed by atoms with E-state index in [1.165, 1.54) is 6.07 Å². The SMILES string of the molecule is CC(C)c1cc(NC(=O)CCc2ccc(F)c(F)c2)n[nH]1. The van der Waals surface area contributed by atoms with Crippen molar-refractivity contribution in [3.05, 3.63) is 47.2 Å². The monoisotopic (exact) mass is 293 g/mol. The number of halogens is 2. The Labute approximate surface area is 121 Å². The number of anilines is 1. The Morgan fingerprint density at radius 1 is 1.29 bits per heavy atom. The lowest BCUT2D eigenvalue weighted by atomic mass is 10.1. The highest BCUT2D eigenvalue weighted by atomic mass is 19.2. The van der Waals surface area contributed by atoms with Crippen molar-refractivity contribution in [1.82, 2.24) is 10.2 Å². The van der Waals surface area contributed by atoms with Crippen LogP contribution < -0.4 is 5.32 Å². The third-order valence-electron chi connectivity index (χ3n) is 3.11. The van der Waals surface area contributed by atoms with Crippen LogP contribution in [-0.2, 0) is 11.2 Å². The molecule has 6 heteroatoms. The van der Waals surface area contributed by atoms with Gasteiger partial charge in [0.2, 0.25) is 5.91 Å². The summed E-state index contributed by atoms with van der Waals surface area (Å²) in [7, 11) is 0. The minimum Gasteiger partial charge on any atom is -0.309 e. The van der Waals surface area contributed by atoms with Gasteiger partial charge in [-0.15, -0.1) is 0 Å². The van der Waals surface area contributed by atoms with E-state index in [1.54, 1.807) is 6.07 Å². The number of rotatable bonds is 5. The van der Waals surface area contributed by atoms with Crippen LogP contribution in [-0.4, -0.2) is 16.1 Å². The molecule has 1 amide bonds. The van der Waals surface area contributed by atoms with Crippen LogP contribution in [0.5, 0.6) is 0 Å². The molecule has 4 nitrogen and oxygen atoms in total. The van der Waals surface area contributed by atoms with Crippen LogP contribution in [0, 0.1) is 11.6 Å².